The maximum atomic E-state index is 5.75. The maximum absolute atomic E-state index is 5.75. The molecule has 2 aromatic rings. The minimum Gasteiger partial charge on any atom is -0.384 e. The Hall–Kier alpha value is -2.37. The molecule has 18 heavy (non-hydrogen) atoms. The van der Waals surface area contributed by atoms with Crippen LogP contribution in [-0.2, 0) is 17.9 Å². The Balaban J connectivity index is 1.91. The van der Waals surface area contributed by atoms with Gasteiger partial charge in [0.1, 0.15) is 0 Å². The second-order valence-corrected chi connectivity index (χ2v) is 3.57. The minimum atomic E-state index is 0.112. The van der Waals surface area contributed by atoms with Crippen LogP contribution in [0, 0.1) is 0 Å². The molecule has 0 amide bonds. The number of nitrogens with zero attached hydrogens (tertiary/aromatic N) is 3. The summed E-state index contributed by atoms with van der Waals surface area (Å²) in [5.41, 5.74) is 6.55. The quantitative estimate of drug-likeness (QED) is 0.490. The molecule has 94 valence electrons. The molecule has 1 heterocycles. The fourth-order valence-electron chi connectivity index (χ4n) is 1.31. The number of benzene rings is 1. The lowest BCUT2D eigenvalue weighted by molar-refractivity contribution is 0.105. The third-order valence-electron chi connectivity index (χ3n) is 2.25. The molecule has 0 aliphatic rings. The maximum Gasteiger partial charge on any atom is 0.267 e. The van der Waals surface area contributed by atoms with Gasteiger partial charge in [-0.2, -0.15) is 4.98 Å². The predicted molar refractivity (Wildman–Crippen MR) is 65.6 cm³/mol. The van der Waals surface area contributed by atoms with Crippen molar-refractivity contribution in [3.05, 3.63) is 47.6 Å². The summed E-state index contributed by atoms with van der Waals surface area (Å²) in [5, 5.41) is 7.54. The van der Waals surface area contributed by atoms with Gasteiger partial charge in [0.05, 0.1) is 0 Å². The molecule has 0 aliphatic carbocycles. The van der Waals surface area contributed by atoms with Gasteiger partial charge in [0.25, 0.3) is 5.89 Å². The highest BCUT2D eigenvalue weighted by molar-refractivity contribution is 5.96. The van der Waals surface area contributed by atoms with E-state index in [0.29, 0.717) is 17.6 Å². The third-order valence-corrected chi connectivity index (χ3v) is 2.25. The Bertz CT molecular complexity index is 522. The smallest absolute Gasteiger partial charge is 0.267 e. The molecule has 0 radical (unpaired) electrons. The van der Waals surface area contributed by atoms with Crippen LogP contribution in [0.1, 0.15) is 24.2 Å². The lowest BCUT2D eigenvalue weighted by atomic mass is 10.2. The van der Waals surface area contributed by atoms with Crippen LogP contribution in [0.2, 0.25) is 0 Å². The number of hydrogen-bond acceptors (Lipinski definition) is 5. The van der Waals surface area contributed by atoms with E-state index in [1.165, 1.54) is 0 Å². The molecule has 6 heteroatoms. The van der Waals surface area contributed by atoms with Gasteiger partial charge in [-0.1, -0.05) is 47.6 Å². The molecular weight excluding hydrogens is 232 g/mol. The van der Waals surface area contributed by atoms with Gasteiger partial charge in [0.2, 0.25) is 0 Å². The molecule has 2 rings (SSSR count). The first-order chi connectivity index (χ1) is 8.79. The molecule has 0 bridgehead atoms. The van der Waals surface area contributed by atoms with Gasteiger partial charge in [-0.05, 0) is 0 Å². The van der Waals surface area contributed by atoms with Crippen molar-refractivity contribution in [1.29, 1.82) is 0 Å². The zero-order valence-corrected chi connectivity index (χ0v) is 10.0. The van der Waals surface area contributed by atoms with Crippen molar-refractivity contribution >= 4 is 5.84 Å². The van der Waals surface area contributed by atoms with Gasteiger partial charge in [-0.25, -0.2) is 0 Å². The molecule has 1 aromatic heterocycles. The van der Waals surface area contributed by atoms with Crippen LogP contribution in [0.4, 0.5) is 0 Å². The van der Waals surface area contributed by atoms with Gasteiger partial charge < -0.3 is 15.1 Å². The van der Waals surface area contributed by atoms with Crippen LogP contribution < -0.4 is 5.73 Å². The van der Waals surface area contributed by atoms with E-state index in [0.717, 1.165) is 12.0 Å². The normalized spacial score (nSPS) is 11.5. The van der Waals surface area contributed by atoms with E-state index in [9.17, 15) is 0 Å². The Morgan fingerprint density at radius 3 is 2.83 bits per heavy atom. The highest BCUT2D eigenvalue weighted by Crippen LogP contribution is 2.02. The van der Waals surface area contributed by atoms with Crippen LogP contribution in [0.25, 0.3) is 0 Å². The van der Waals surface area contributed by atoms with Crippen molar-refractivity contribution in [2.75, 3.05) is 0 Å². The molecule has 0 aliphatic heterocycles. The molecule has 0 atom stereocenters. The van der Waals surface area contributed by atoms with Gasteiger partial charge in [-0.15, -0.1) is 0 Å². The van der Waals surface area contributed by atoms with E-state index < -0.39 is 0 Å². The third kappa shape index (κ3) is 3.07. The number of nitrogens with two attached hydrogens (primary N) is 1. The van der Waals surface area contributed by atoms with Crippen LogP contribution in [0.15, 0.2) is 40.0 Å². The SMILES string of the molecule is CCc1noc(CON=C(N)c2ccccc2)n1. The van der Waals surface area contributed by atoms with Gasteiger partial charge >= 0.3 is 0 Å². The number of aromatic nitrogens is 2. The summed E-state index contributed by atoms with van der Waals surface area (Å²) in [4.78, 5) is 9.15. The molecule has 2 N–H and O–H groups in total. The first-order valence-corrected chi connectivity index (χ1v) is 5.62. The molecule has 0 saturated heterocycles. The zero-order valence-electron chi connectivity index (χ0n) is 10.0. The molecule has 1 aromatic carbocycles. The van der Waals surface area contributed by atoms with Crippen molar-refractivity contribution in [2.45, 2.75) is 20.0 Å². The summed E-state index contributed by atoms with van der Waals surface area (Å²) in [6.07, 6.45) is 0.721. The van der Waals surface area contributed by atoms with E-state index >= 15 is 0 Å². The van der Waals surface area contributed by atoms with Crippen molar-refractivity contribution in [1.82, 2.24) is 10.1 Å². The number of oxime groups is 1. The van der Waals surface area contributed by atoms with Crippen molar-refractivity contribution in [3.63, 3.8) is 0 Å². The summed E-state index contributed by atoms with van der Waals surface area (Å²) in [6.45, 7) is 2.06. The topological polar surface area (TPSA) is 86.5 Å². The molecule has 0 unspecified atom stereocenters. The monoisotopic (exact) mass is 246 g/mol. The Labute approximate surface area is 104 Å². The summed E-state index contributed by atoms with van der Waals surface area (Å²) in [7, 11) is 0. The Morgan fingerprint density at radius 1 is 1.39 bits per heavy atom. The second kappa shape index (κ2) is 5.81. The molecule has 0 saturated carbocycles. The molecule has 0 spiro atoms. The molecular formula is C12H14N4O2. The van der Waals surface area contributed by atoms with Crippen molar-refractivity contribution in [3.8, 4) is 0 Å². The van der Waals surface area contributed by atoms with E-state index in [1.54, 1.807) is 0 Å². The van der Waals surface area contributed by atoms with Crippen molar-refractivity contribution in [2.24, 2.45) is 10.9 Å². The average molecular weight is 246 g/mol. The second-order valence-electron chi connectivity index (χ2n) is 3.57. The van der Waals surface area contributed by atoms with Gasteiger partial charge in [0.15, 0.2) is 18.3 Å². The van der Waals surface area contributed by atoms with Gasteiger partial charge in [0, 0.05) is 12.0 Å². The van der Waals surface area contributed by atoms with Crippen LogP contribution in [0.3, 0.4) is 0 Å². The predicted octanol–water partition coefficient (Wildman–Crippen LogP) is 1.47. The standard InChI is InChI=1S/C12H14N4O2/c1-2-10-14-11(18-15-10)8-17-16-12(13)9-6-4-3-5-7-9/h3-7H,2,8H2,1H3,(H2,13,16). The van der Waals surface area contributed by atoms with E-state index in [4.69, 9.17) is 15.1 Å². The first kappa shape index (κ1) is 12.1. The van der Waals surface area contributed by atoms with E-state index in [-0.39, 0.29) is 6.61 Å². The minimum absolute atomic E-state index is 0.112. The highest BCUT2D eigenvalue weighted by atomic mass is 16.6. The van der Waals surface area contributed by atoms with E-state index in [1.807, 2.05) is 37.3 Å². The zero-order chi connectivity index (χ0) is 12.8. The fraction of sp³-hybridized carbons (Fsp3) is 0.250. The van der Waals surface area contributed by atoms with Crippen LogP contribution >= 0.6 is 0 Å². The highest BCUT2D eigenvalue weighted by Gasteiger charge is 2.04. The summed E-state index contributed by atoms with van der Waals surface area (Å²) in [6, 6.07) is 9.36. The average Bonchev–Trinajstić information content (AvgIpc) is 2.87. The molecule has 6 nitrogen and oxygen atoms in total. The lowest BCUT2D eigenvalue weighted by Gasteiger charge is -1.99. The number of aryl methyl sites for hydroxylation is 1. The number of hydrogen-bond donors (Lipinski definition) is 1. The number of rotatable bonds is 5. The first-order valence-electron chi connectivity index (χ1n) is 5.62. The largest absolute Gasteiger partial charge is 0.384 e. The van der Waals surface area contributed by atoms with Crippen LogP contribution in [0.5, 0.6) is 0 Å². The van der Waals surface area contributed by atoms with E-state index in [2.05, 4.69) is 15.3 Å². The van der Waals surface area contributed by atoms with Crippen molar-refractivity contribution < 1.29 is 9.36 Å². The lowest BCUT2D eigenvalue weighted by Crippen LogP contribution is -2.13. The fourth-order valence-corrected chi connectivity index (χ4v) is 1.31. The summed E-state index contributed by atoms with van der Waals surface area (Å²) >= 11 is 0. The van der Waals surface area contributed by atoms with Gasteiger partial charge in [-0.3, -0.25) is 0 Å². The summed E-state index contributed by atoms with van der Waals surface area (Å²) < 4.78 is 4.95. The van der Waals surface area contributed by atoms with Crippen LogP contribution in [-0.4, -0.2) is 16.0 Å². The number of amidine groups is 1. The molecule has 0 fully saturated rings. The Kier molecular flexibility index (Phi) is 3.90. The summed E-state index contributed by atoms with van der Waals surface area (Å²) in [5.74, 6) is 1.34. The Morgan fingerprint density at radius 2 is 2.17 bits per heavy atom.